The van der Waals surface area contributed by atoms with Crippen LogP contribution >= 0.6 is 0 Å². The van der Waals surface area contributed by atoms with E-state index in [1.54, 1.807) is 102 Å². The molecule has 2 aromatic heterocycles. The summed E-state index contributed by atoms with van der Waals surface area (Å²) < 4.78 is 97.9. The number of alkyl halides is 6. The molecule has 410 valence electrons. The number of nitriles is 5. The van der Waals surface area contributed by atoms with Gasteiger partial charge in [0, 0.05) is 32.7 Å². The van der Waals surface area contributed by atoms with Gasteiger partial charge in [-0.1, -0.05) is 78.9 Å². The summed E-state index contributed by atoms with van der Waals surface area (Å²) >= 11 is 0. The van der Waals surface area contributed by atoms with Gasteiger partial charge in [-0.15, -0.1) is 0 Å². The van der Waals surface area contributed by atoms with Gasteiger partial charge in [-0.3, -0.25) is 0 Å². The van der Waals surface area contributed by atoms with Gasteiger partial charge in [0.2, 0.25) is 0 Å². The van der Waals surface area contributed by atoms with Crippen molar-refractivity contribution < 1.29 is 26.3 Å². The van der Waals surface area contributed by atoms with Crippen LogP contribution < -0.4 is 0 Å². The number of hydrogen-bond donors (Lipinski definition) is 0. The molecular weight excluding hydrogens is 1120 g/mol. The van der Waals surface area contributed by atoms with Gasteiger partial charge < -0.3 is 9.13 Å². The zero-order valence-electron chi connectivity index (χ0n) is 44.9. The Labute approximate surface area is 496 Å². The van der Waals surface area contributed by atoms with Crippen molar-refractivity contribution in [2.75, 3.05) is 0 Å². The van der Waals surface area contributed by atoms with E-state index in [0.29, 0.717) is 95.3 Å². The lowest BCUT2D eigenvalue weighted by Crippen LogP contribution is -2.15. The van der Waals surface area contributed by atoms with Crippen LogP contribution in [0.15, 0.2) is 176 Å². The summed E-state index contributed by atoms with van der Waals surface area (Å²) in [6, 6.07) is 52.8. The van der Waals surface area contributed by atoms with Gasteiger partial charge in [-0.2, -0.15) is 52.7 Å². The second-order valence-corrected chi connectivity index (χ2v) is 20.1. The SMILES string of the molecule is [C-]#[N+]c1ccc(-c2ccc3c(c2)c2cc(-c4ccc([N+]#[C-])cc4[N+]#[C-])ccc2n3-c2cc(C#N)c(-n3c4ccc(-c5ccc(C#N)cc5C#N)cc4c4cc(-c5ccc(C#N)cc5C#N)ccc43)cc2-c2c(C(F)(F)F)cccc2C(F)(F)F)c([N+]#[C-])c1. The van der Waals surface area contributed by atoms with E-state index in [1.807, 2.05) is 12.1 Å². The van der Waals surface area contributed by atoms with Crippen LogP contribution in [0.3, 0.4) is 0 Å². The van der Waals surface area contributed by atoms with Crippen molar-refractivity contribution in [3.05, 3.63) is 261 Å². The van der Waals surface area contributed by atoms with E-state index in [-0.39, 0.29) is 73.0 Å². The number of rotatable bonds is 7. The Hall–Kier alpha value is -13.2. The van der Waals surface area contributed by atoms with Crippen molar-refractivity contribution in [1.29, 1.82) is 26.3 Å². The van der Waals surface area contributed by atoms with Gasteiger partial charge in [0.25, 0.3) is 0 Å². The zero-order valence-corrected chi connectivity index (χ0v) is 44.9. The molecule has 88 heavy (non-hydrogen) atoms. The molecule has 12 aromatic rings. The van der Waals surface area contributed by atoms with Crippen LogP contribution in [0.25, 0.3) is 130 Å². The van der Waals surface area contributed by atoms with Crippen molar-refractivity contribution >= 4 is 66.4 Å². The summed E-state index contributed by atoms with van der Waals surface area (Å²) in [6.07, 6.45) is -10.8. The smallest absolute Gasteiger partial charge is 0.309 e. The number of benzene rings is 10. The number of hydrogen-bond acceptors (Lipinski definition) is 5. The molecule has 10 aromatic carbocycles. The summed E-state index contributed by atoms with van der Waals surface area (Å²) in [4.78, 5) is 14.3. The van der Waals surface area contributed by atoms with Gasteiger partial charge in [-0.05, 0) is 142 Å². The molecule has 0 spiro atoms. The number of fused-ring (bicyclic) bond motifs is 6. The fraction of sp³-hybridized carbons (Fsp3) is 0.0282. The molecule has 2 heterocycles. The van der Waals surface area contributed by atoms with E-state index in [9.17, 15) is 26.3 Å². The van der Waals surface area contributed by atoms with Crippen molar-refractivity contribution in [3.8, 4) is 97.4 Å². The Morgan fingerprint density at radius 3 is 1.07 bits per heavy atom. The molecule has 0 unspecified atom stereocenters. The minimum Gasteiger partial charge on any atom is -0.309 e. The molecule has 12 rings (SSSR count). The predicted molar refractivity (Wildman–Crippen MR) is 321 cm³/mol. The molecule has 0 amide bonds. The molecule has 0 aliphatic rings. The highest BCUT2D eigenvalue weighted by molar-refractivity contribution is 6.14. The molecule has 17 heteroatoms. The second-order valence-electron chi connectivity index (χ2n) is 20.1. The number of aromatic nitrogens is 2. The van der Waals surface area contributed by atoms with Crippen LogP contribution in [0.5, 0.6) is 0 Å². The third kappa shape index (κ3) is 9.12. The van der Waals surface area contributed by atoms with Gasteiger partial charge in [0.15, 0.2) is 22.7 Å². The van der Waals surface area contributed by atoms with Crippen LogP contribution in [-0.4, -0.2) is 9.13 Å². The summed E-state index contributed by atoms with van der Waals surface area (Å²) in [5, 5.41) is 53.1. The normalized spacial score (nSPS) is 11.2. The predicted octanol–water partition coefficient (Wildman–Crippen LogP) is 19.8. The Bertz CT molecular complexity index is 5200. The first-order chi connectivity index (χ1) is 42.5. The molecule has 0 aliphatic carbocycles. The molecule has 0 radical (unpaired) electrons. The highest BCUT2D eigenvalue weighted by atomic mass is 19.4. The molecule has 0 fully saturated rings. The highest BCUT2D eigenvalue weighted by Crippen LogP contribution is 2.50. The number of halogens is 6. The van der Waals surface area contributed by atoms with Crippen LogP contribution in [0, 0.1) is 82.9 Å². The molecule has 0 aliphatic heterocycles. The lowest BCUT2D eigenvalue weighted by molar-refractivity contribution is -0.142. The molecule has 0 saturated heterocycles. The maximum atomic E-state index is 15.8. The maximum Gasteiger partial charge on any atom is 0.417 e. The lowest BCUT2D eigenvalue weighted by atomic mass is 9.90. The molecule has 0 saturated carbocycles. The van der Waals surface area contributed by atoms with Gasteiger partial charge >= 0.3 is 12.4 Å². The first kappa shape index (κ1) is 55.3. The van der Waals surface area contributed by atoms with Crippen molar-refractivity contribution in [3.63, 3.8) is 0 Å². The fourth-order valence-corrected chi connectivity index (χ4v) is 11.6. The van der Waals surface area contributed by atoms with Gasteiger partial charge in [0.1, 0.15) is 6.07 Å². The standard InChI is InChI=1S/C71H29F6N11/c1-83-48-14-18-52(61(31-48)85-3)43-12-22-65-56(28-43)57-29-44(53-19-15-49(84-2)32-62(53)86-4)13-23-66(57)88(65)68-30-47(38-82)67(33-58(68)69-59(70(72,73)74)6-5-7-60(69)71(75,76)77)87-63-20-10-41(50-16-8-39(34-78)24-45(50)36-80)26-54(63)55-27-42(11-21-64(55)87)51-17-9-40(35-79)25-46(51)37-81/h5-33H. The first-order valence-corrected chi connectivity index (χ1v) is 26.2. The topological polar surface area (TPSA) is 146 Å². The van der Waals surface area contributed by atoms with Crippen LogP contribution in [0.2, 0.25) is 0 Å². The third-order valence-corrected chi connectivity index (χ3v) is 15.4. The minimum absolute atomic E-state index is 0.124. The molecule has 0 N–H and O–H groups in total. The average Bonchev–Trinajstić information content (AvgIpc) is 1.63. The third-order valence-electron chi connectivity index (χ3n) is 15.4. The summed E-state index contributed by atoms with van der Waals surface area (Å²) in [5.41, 5.74) is 0.229. The molecule has 0 atom stereocenters. The van der Waals surface area contributed by atoms with E-state index >= 15 is 26.3 Å². The van der Waals surface area contributed by atoms with Gasteiger partial charge in [-0.25, -0.2) is 19.4 Å². The van der Waals surface area contributed by atoms with E-state index < -0.39 is 34.6 Å². The quantitative estimate of drug-likeness (QED) is 0.115. The molecular formula is C71H29F6N11. The van der Waals surface area contributed by atoms with Crippen LogP contribution in [0.4, 0.5) is 49.1 Å². The summed E-state index contributed by atoms with van der Waals surface area (Å²) in [5.74, 6) is 0. The highest BCUT2D eigenvalue weighted by Gasteiger charge is 2.42. The lowest BCUT2D eigenvalue weighted by Gasteiger charge is -2.24. The van der Waals surface area contributed by atoms with Crippen LogP contribution in [-0.2, 0) is 12.4 Å². The Balaban J connectivity index is 1.22. The van der Waals surface area contributed by atoms with Gasteiger partial charge in [0.05, 0.1) is 123 Å². The number of nitrogens with zero attached hydrogens (tertiary/aromatic N) is 11. The second kappa shape index (κ2) is 21.2. The Morgan fingerprint density at radius 1 is 0.341 bits per heavy atom. The summed E-state index contributed by atoms with van der Waals surface area (Å²) in [7, 11) is 0. The van der Waals surface area contributed by atoms with Crippen molar-refractivity contribution in [2.45, 2.75) is 12.4 Å². The van der Waals surface area contributed by atoms with Crippen molar-refractivity contribution in [2.24, 2.45) is 0 Å². The molecule has 0 bridgehead atoms. The fourth-order valence-electron chi connectivity index (χ4n) is 11.6. The monoisotopic (exact) mass is 1150 g/mol. The largest absolute Gasteiger partial charge is 0.417 e. The summed E-state index contributed by atoms with van der Waals surface area (Å²) in [6.45, 7) is 31.2. The maximum absolute atomic E-state index is 15.8. The average molecular weight is 1150 g/mol. The van der Waals surface area contributed by atoms with E-state index in [0.717, 1.165) is 6.07 Å². The van der Waals surface area contributed by atoms with Crippen LogP contribution in [0.1, 0.15) is 38.9 Å². The Morgan fingerprint density at radius 2 is 0.716 bits per heavy atom. The Kier molecular flexibility index (Phi) is 13.3. The van der Waals surface area contributed by atoms with Crippen molar-refractivity contribution in [1.82, 2.24) is 9.13 Å². The zero-order chi connectivity index (χ0) is 61.9. The minimum atomic E-state index is -5.40. The molecule has 11 nitrogen and oxygen atoms in total. The first-order valence-electron chi connectivity index (χ1n) is 26.2. The van der Waals surface area contributed by atoms with E-state index in [4.69, 9.17) is 26.3 Å². The van der Waals surface area contributed by atoms with E-state index in [1.165, 1.54) is 59.2 Å². The van der Waals surface area contributed by atoms with E-state index in [2.05, 4.69) is 37.6 Å².